The van der Waals surface area contributed by atoms with Crippen molar-refractivity contribution in [2.24, 2.45) is 5.92 Å². The monoisotopic (exact) mass is 386 g/mol. The van der Waals surface area contributed by atoms with E-state index in [1.807, 2.05) is 0 Å². The molecule has 148 valence electrons. The van der Waals surface area contributed by atoms with Gasteiger partial charge >= 0.3 is 12.1 Å². The number of hydrogen-bond donors (Lipinski definition) is 0. The summed E-state index contributed by atoms with van der Waals surface area (Å²) in [6.45, 7) is -0.111. The number of alkyl halides is 3. The van der Waals surface area contributed by atoms with Crippen molar-refractivity contribution in [2.75, 3.05) is 27.2 Å². The molecular formula is C18H21F3N2O4. The Labute approximate surface area is 154 Å². The molecule has 0 aromatic heterocycles. The summed E-state index contributed by atoms with van der Waals surface area (Å²) in [4.78, 5) is 38.5. The lowest BCUT2D eigenvalue weighted by Gasteiger charge is -2.33. The highest BCUT2D eigenvalue weighted by Crippen LogP contribution is 2.30. The zero-order valence-electron chi connectivity index (χ0n) is 15.1. The number of ether oxygens (including phenoxy) is 1. The van der Waals surface area contributed by atoms with E-state index in [4.69, 9.17) is 0 Å². The second kappa shape index (κ2) is 8.41. The van der Waals surface area contributed by atoms with Crippen LogP contribution in [0.4, 0.5) is 13.2 Å². The summed E-state index contributed by atoms with van der Waals surface area (Å²) >= 11 is 0. The van der Waals surface area contributed by atoms with Gasteiger partial charge in [0.2, 0.25) is 11.8 Å². The van der Waals surface area contributed by atoms with Gasteiger partial charge in [-0.3, -0.25) is 14.4 Å². The van der Waals surface area contributed by atoms with E-state index in [0.29, 0.717) is 12.0 Å². The van der Waals surface area contributed by atoms with Crippen LogP contribution in [0.2, 0.25) is 0 Å². The van der Waals surface area contributed by atoms with Crippen LogP contribution in [0.15, 0.2) is 24.3 Å². The smallest absolute Gasteiger partial charge is 0.416 e. The molecule has 6 nitrogen and oxygen atoms in total. The molecule has 0 radical (unpaired) electrons. The number of benzene rings is 1. The minimum absolute atomic E-state index is 0.00670. The van der Waals surface area contributed by atoms with Crippen LogP contribution in [0.1, 0.15) is 24.0 Å². The number of halogens is 3. The van der Waals surface area contributed by atoms with Crippen molar-refractivity contribution in [3.8, 4) is 0 Å². The Kier molecular flexibility index (Phi) is 6.45. The summed E-state index contributed by atoms with van der Waals surface area (Å²) in [5.41, 5.74) is -0.441. The Morgan fingerprint density at radius 1 is 1.33 bits per heavy atom. The Morgan fingerprint density at radius 3 is 2.67 bits per heavy atom. The fourth-order valence-corrected chi connectivity index (χ4v) is 2.98. The molecule has 1 aromatic carbocycles. The van der Waals surface area contributed by atoms with Crippen molar-refractivity contribution in [1.82, 2.24) is 9.80 Å². The maximum absolute atomic E-state index is 12.8. The van der Waals surface area contributed by atoms with Crippen molar-refractivity contribution in [2.45, 2.75) is 25.6 Å². The van der Waals surface area contributed by atoms with Gasteiger partial charge in [0.15, 0.2) is 0 Å². The fourth-order valence-electron chi connectivity index (χ4n) is 2.98. The van der Waals surface area contributed by atoms with Crippen molar-refractivity contribution >= 4 is 17.8 Å². The SMILES string of the molecule is COC(=O)CN(C)C(=O)[C@@H]1CCC(=O)N(Cc2cccc(C(F)(F)F)c2)C1. The van der Waals surface area contributed by atoms with E-state index in [2.05, 4.69) is 4.74 Å². The van der Waals surface area contributed by atoms with E-state index in [1.165, 1.54) is 36.1 Å². The first kappa shape index (κ1) is 20.7. The molecule has 2 rings (SSSR count). The molecule has 0 N–H and O–H groups in total. The Balaban J connectivity index is 2.06. The second-order valence-electron chi connectivity index (χ2n) is 6.48. The minimum atomic E-state index is -4.46. The maximum Gasteiger partial charge on any atom is 0.416 e. The van der Waals surface area contributed by atoms with Crippen molar-refractivity contribution in [1.29, 1.82) is 0 Å². The Hall–Kier alpha value is -2.58. The molecule has 1 aliphatic rings. The lowest BCUT2D eigenvalue weighted by molar-refractivity contribution is -0.150. The molecule has 1 aromatic rings. The Bertz CT molecular complexity index is 721. The highest BCUT2D eigenvalue weighted by atomic mass is 19.4. The first-order chi connectivity index (χ1) is 12.6. The van der Waals surface area contributed by atoms with Crippen LogP contribution < -0.4 is 0 Å². The molecule has 0 spiro atoms. The topological polar surface area (TPSA) is 66.9 Å². The molecule has 1 atom stereocenters. The second-order valence-corrected chi connectivity index (χ2v) is 6.48. The third kappa shape index (κ3) is 5.45. The zero-order valence-corrected chi connectivity index (χ0v) is 15.1. The van der Waals surface area contributed by atoms with Gasteiger partial charge in [0.05, 0.1) is 18.6 Å². The molecule has 27 heavy (non-hydrogen) atoms. The molecule has 1 fully saturated rings. The van der Waals surface area contributed by atoms with Crippen LogP contribution in [-0.2, 0) is 31.8 Å². The van der Waals surface area contributed by atoms with E-state index in [-0.39, 0.29) is 37.9 Å². The molecular weight excluding hydrogens is 365 g/mol. The fraction of sp³-hybridized carbons (Fsp3) is 0.500. The van der Waals surface area contributed by atoms with E-state index >= 15 is 0 Å². The summed E-state index contributed by atoms with van der Waals surface area (Å²) in [5, 5.41) is 0. The van der Waals surface area contributed by atoms with Crippen LogP contribution >= 0.6 is 0 Å². The van der Waals surface area contributed by atoms with E-state index in [9.17, 15) is 27.6 Å². The minimum Gasteiger partial charge on any atom is -0.468 e. The summed E-state index contributed by atoms with van der Waals surface area (Å²) in [7, 11) is 2.68. The highest BCUT2D eigenvalue weighted by Gasteiger charge is 2.33. The molecule has 1 heterocycles. The number of rotatable bonds is 5. The summed E-state index contributed by atoms with van der Waals surface area (Å²) in [5.74, 6) is -1.59. The number of nitrogens with zero attached hydrogens (tertiary/aromatic N) is 2. The Morgan fingerprint density at radius 2 is 2.04 bits per heavy atom. The number of amides is 2. The number of likely N-dealkylation sites (tertiary alicyclic amines) is 1. The summed E-state index contributed by atoms with van der Waals surface area (Å²) in [6, 6.07) is 4.77. The predicted molar refractivity (Wildman–Crippen MR) is 89.2 cm³/mol. The van der Waals surface area contributed by atoms with Gasteiger partial charge in [0.25, 0.3) is 0 Å². The number of carbonyl (C=O) groups is 3. The standard InChI is InChI=1S/C18H21F3N2O4/c1-22(11-16(25)27-2)17(26)13-6-7-15(24)23(10-13)9-12-4-3-5-14(8-12)18(19,20)21/h3-5,8,13H,6-7,9-11H2,1-2H3/t13-/m1/s1. The molecule has 0 aliphatic carbocycles. The maximum atomic E-state index is 12.8. The van der Waals surface area contributed by atoms with Gasteiger partial charge in [-0.2, -0.15) is 13.2 Å². The third-order valence-corrected chi connectivity index (χ3v) is 4.45. The number of hydrogen-bond acceptors (Lipinski definition) is 4. The van der Waals surface area contributed by atoms with Crippen LogP contribution in [0.25, 0.3) is 0 Å². The van der Waals surface area contributed by atoms with Gasteiger partial charge in [-0.05, 0) is 24.1 Å². The van der Waals surface area contributed by atoms with Gasteiger partial charge < -0.3 is 14.5 Å². The molecule has 0 bridgehead atoms. The number of carbonyl (C=O) groups excluding carboxylic acids is 3. The number of methoxy groups -OCH3 is 1. The van der Waals surface area contributed by atoms with Crippen molar-refractivity contribution in [3.05, 3.63) is 35.4 Å². The molecule has 9 heteroatoms. The average molecular weight is 386 g/mol. The normalized spacial score (nSPS) is 17.6. The lowest BCUT2D eigenvalue weighted by atomic mass is 9.95. The van der Waals surface area contributed by atoms with Gasteiger partial charge in [-0.15, -0.1) is 0 Å². The van der Waals surface area contributed by atoms with Crippen LogP contribution in [0.5, 0.6) is 0 Å². The number of esters is 1. The first-order valence-corrected chi connectivity index (χ1v) is 8.37. The molecule has 0 saturated carbocycles. The third-order valence-electron chi connectivity index (χ3n) is 4.45. The van der Waals surface area contributed by atoms with Crippen LogP contribution in [0.3, 0.4) is 0 Å². The number of likely N-dealkylation sites (N-methyl/N-ethyl adjacent to an activating group) is 1. The molecule has 2 amide bonds. The van der Waals surface area contributed by atoms with Gasteiger partial charge in [0.1, 0.15) is 6.54 Å². The van der Waals surface area contributed by atoms with Gasteiger partial charge in [-0.1, -0.05) is 12.1 Å². The number of piperidine rings is 1. The van der Waals surface area contributed by atoms with Gasteiger partial charge in [-0.25, -0.2) is 0 Å². The van der Waals surface area contributed by atoms with E-state index < -0.39 is 23.6 Å². The van der Waals surface area contributed by atoms with Crippen LogP contribution in [-0.4, -0.2) is 54.8 Å². The van der Waals surface area contributed by atoms with Gasteiger partial charge in [0, 0.05) is 26.6 Å². The summed E-state index contributed by atoms with van der Waals surface area (Å²) in [6.07, 6.45) is -4.00. The zero-order chi connectivity index (χ0) is 20.2. The predicted octanol–water partition coefficient (Wildman–Crippen LogP) is 2.08. The van der Waals surface area contributed by atoms with E-state index in [1.54, 1.807) is 0 Å². The van der Waals surface area contributed by atoms with E-state index in [0.717, 1.165) is 12.1 Å². The largest absolute Gasteiger partial charge is 0.468 e. The highest BCUT2D eigenvalue weighted by molar-refractivity contribution is 5.86. The first-order valence-electron chi connectivity index (χ1n) is 8.37. The molecule has 1 aliphatic heterocycles. The molecule has 1 saturated heterocycles. The van der Waals surface area contributed by atoms with Crippen molar-refractivity contribution < 1.29 is 32.3 Å². The van der Waals surface area contributed by atoms with Crippen molar-refractivity contribution in [3.63, 3.8) is 0 Å². The average Bonchev–Trinajstić information content (AvgIpc) is 2.62. The summed E-state index contributed by atoms with van der Waals surface area (Å²) < 4.78 is 43.1. The lowest BCUT2D eigenvalue weighted by Crippen LogP contribution is -2.46. The molecule has 0 unspecified atom stereocenters. The quantitative estimate of drug-likeness (QED) is 0.727. The van der Waals surface area contributed by atoms with Crippen LogP contribution in [0, 0.1) is 5.92 Å².